The second-order valence-corrected chi connectivity index (χ2v) is 7.05. The minimum atomic E-state index is -0.0194. The molecule has 1 saturated heterocycles. The van der Waals surface area contributed by atoms with Crippen molar-refractivity contribution in [3.8, 4) is 11.3 Å². The third kappa shape index (κ3) is 3.90. The molecule has 0 spiro atoms. The second-order valence-electron chi connectivity index (χ2n) is 6.14. The van der Waals surface area contributed by atoms with Crippen LogP contribution in [0.15, 0.2) is 40.9 Å². The van der Waals surface area contributed by atoms with Gasteiger partial charge in [-0.2, -0.15) is 0 Å². The standard InChI is InChI=1S/C19H20BrN3O2/c1-13-17(19(25)23-10-8-22(9-11-23)14(2)24)6-7-18(21-13)15-4-3-5-16(20)12-15/h3-7,12H,8-11H2,1-2H3. The molecule has 1 fully saturated rings. The quantitative estimate of drug-likeness (QED) is 0.776. The van der Waals surface area contributed by atoms with Crippen molar-refractivity contribution in [1.29, 1.82) is 0 Å². The van der Waals surface area contributed by atoms with Crippen molar-refractivity contribution in [1.82, 2.24) is 14.8 Å². The molecule has 2 heterocycles. The van der Waals surface area contributed by atoms with Crippen molar-refractivity contribution in [3.63, 3.8) is 0 Å². The van der Waals surface area contributed by atoms with Gasteiger partial charge < -0.3 is 9.80 Å². The molecule has 0 N–H and O–H groups in total. The highest BCUT2D eigenvalue weighted by Crippen LogP contribution is 2.23. The first kappa shape index (κ1) is 17.6. The predicted molar refractivity (Wildman–Crippen MR) is 100 cm³/mol. The summed E-state index contributed by atoms with van der Waals surface area (Å²) < 4.78 is 0.993. The summed E-state index contributed by atoms with van der Waals surface area (Å²) in [4.78, 5) is 32.4. The molecule has 1 aromatic carbocycles. The topological polar surface area (TPSA) is 53.5 Å². The van der Waals surface area contributed by atoms with E-state index < -0.39 is 0 Å². The minimum absolute atomic E-state index is 0.0194. The smallest absolute Gasteiger partial charge is 0.255 e. The highest BCUT2D eigenvalue weighted by Gasteiger charge is 2.24. The number of benzene rings is 1. The zero-order chi connectivity index (χ0) is 18.0. The maximum absolute atomic E-state index is 12.8. The van der Waals surface area contributed by atoms with E-state index in [1.165, 1.54) is 0 Å². The molecule has 0 bridgehead atoms. The fourth-order valence-electron chi connectivity index (χ4n) is 2.99. The van der Waals surface area contributed by atoms with E-state index in [1.807, 2.05) is 43.3 Å². The van der Waals surface area contributed by atoms with Gasteiger partial charge in [0, 0.05) is 43.1 Å². The van der Waals surface area contributed by atoms with Crippen LogP contribution in [0.1, 0.15) is 23.0 Å². The van der Waals surface area contributed by atoms with Gasteiger partial charge >= 0.3 is 0 Å². The van der Waals surface area contributed by atoms with Gasteiger partial charge in [0.2, 0.25) is 5.91 Å². The number of aromatic nitrogens is 1. The van der Waals surface area contributed by atoms with E-state index in [1.54, 1.807) is 16.7 Å². The van der Waals surface area contributed by atoms with Gasteiger partial charge in [0.1, 0.15) is 0 Å². The molecule has 0 unspecified atom stereocenters. The van der Waals surface area contributed by atoms with Crippen molar-refractivity contribution in [2.75, 3.05) is 26.2 Å². The number of nitrogens with zero attached hydrogens (tertiary/aromatic N) is 3. The van der Waals surface area contributed by atoms with E-state index in [0.717, 1.165) is 21.4 Å². The molecule has 6 heteroatoms. The molecule has 25 heavy (non-hydrogen) atoms. The van der Waals surface area contributed by atoms with Crippen LogP contribution >= 0.6 is 15.9 Å². The molecule has 1 aromatic heterocycles. The van der Waals surface area contributed by atoms with Crippen LogP contribution in [0.2, 0.25) is 0 Å². The van der Waals surface area contributed by atoms with Crippen LogP contribution in [0.5, 0.6) is 0 Å². The van der Waals surface area contributed by atoms with Crippen LogP contribution in [0.4, 0.5) is 0 Å². The highest BCUT2D eigenvalue weighted by atomic mass is 79.9. The Hall–Kier alpha value is -2.21. The molecule has 5 nitrogen and oxygen atoms in total. The molecule has 0 aliphatic carbocycles. The molecular weight excluding hydrogens is 382 g/mol. The Morgan fingerprint density at radius 1 is 1.04 bits per heavy atom. The number of aryl methyl sites for hydroxylation is 1. The number of hydrogen-bond acceptors (Lipinski definition) is 3. The van der Waals surface area contributed by atoms with E-state index in [9.17, 15) is 9.59 Å². The van der Waals surface area contributed by atoms with Crippen LogP contribution < -0.4 is 0 Å². The molecule has 0 atom stereocenters. The summed E-state index contributed by atoms with van der Waals surface area (Å²) in [5.41, 5.74) is 3.19. The van der Waals surface area contributed by atoms with Gasteiger partial charge in [0.15, 0.2) is 0 Å². The van der Waals surface area contributed by atoms with Crippen LogP contribution in [-0.4, -0.2) is 52.8 Å². The Morgan fingerprint density at radius 2 is 1.72 bits per heavy atom. The fourth-order valence-corrected chi connectivity index (χ4v) is 3.39. The van der Waals surface area contributed by atoms with Gasteiger partial charge in [-0.1, -0.05) is 28.1 Å². The van der Waals surface area contributed by atoms with Gasteiger partial charge in [-0.15, -0.1) is 0 Å². The molecule has 130 valence electrons. The Labute approximate surface area is 155 Å². The van der Waals surface area contributed by atoms with Gasteiger partial charge in [0.25, 0.3) is 5.91 Å². The first-order chi connectivity index (χ1) is 12.0. The van der Waals surface area contributed by atoms with E-state index >= 15 is 0 Å². The Balaban J connectivity index is 1.77. The average Bonchev–Trinajstić information content (AvgIpc) is 2.61. The fraction of sp³-hybridized carbons (Fsp3) is 0.316. The van der Waals surface area contributed by atoms with Crippen LogP contribution in [-0.2, 0) is 4.79 Å². The SMILES string of the molecule is CC(=O)N1CCN(C(=O)c2ccc(-c3cccc(Br)c3)nc2C)CC1. The Kier molecular flexibility index (Phi) is 5.18. The molecule has 3 rings (SSSR count). The van der Waals surface area contributed by atoms with Crippen molar-refractivity contribution >= 4 is 27.7 Å². The van der Waals surface area contributed by atoms with E-state index in [0.29, 0.717) is 31.7 Å². The van der Waals surface area contributed by atoms with E-state index in [-0.39, 0.29) is 11.8 Å². The summed E-state index contributed by atoms with van der Waals surface area (Å²) in [5, 5.41) is 0. The van der Waals surface area contributed by atoms with Gasteiger partial charge in [0.05, 0.1) is 17.0 Å². The van der Waals surface area contributed by atoms with Crippen molar-refractivity contribution < 1.29 is 9.59 Å². The lowest BCUT2D eigenvalue weighted by molar-refractivity contribution is -0.130. The number of amides is 2. The minimum Gasteiger partial charge on any atom is -0.339 e. The number of carbonyl (C=O) groups excluding carboxylic acids is 2. The van der Waals surface area contributed by atoms with E-state index in [4.69, 9.17) is 0 Å². The molecule has 1 aliphatic heterocycles. The summed E-state index contributed by atoms with van der Waals surface area (Å²) in [6.45, 7) is 5.72. The third-order valence-electron chi connectivity index (χ3n) is 4.45. The Morgan fingerprint density at radius 3 is 2.32 bits per heavy atom. The van der Waals surface area contributed by atoms with Crippen LogP contribution in [0.3, 0.4) is 0 Å². The molecule has 2 amide bonds. The van der Waals surface area contributed by atoms with Crippen molar-refractivity contribution in [2.45, 2.75) is 13.8 Å². The monoisotopic (exact) mass is 401 g/mol. The number of piperazine rings is 1. The maximum Gasteiger partial charge on any atom is 0.255 e. The predicted octanol–water partition coefficient (Wildman–Crippen LogP) is 3.12. The lowest BCUT2D eigenvalue weighted by Crippen LogP contribution is -2.50. The third-order valence-corrected chi connectivity index (χ3v) is 4.94. The number of halogens is 1. The van der Waals surface area contributed by atoms with E-state index in [2.05, 4.69) is 20.9 Å². The molecule has 0 radical (unpaired) electrons. The van der Waals surface area contributed by atoms with Crippen LogP contribution in [0.25, 0.3) is 11.3 Å². The van der Waals surface area contributed by atoms with Crippen LogP contribution in [0, 0.1) is 6.92 Å². The normalized spacial score (nSPS) is 14.5. The summed E-state index contributed by atoms with van der Waals surface area (Å²) >= 11 is 3.47. The molecule has 1 aliphatic rings. The highest BCUT2D eigenvalue weighted by molar-refractivity contribution is 9.10. The zero-order valence-corrected chi connectivity index (χ0v) is 15.9. The summed E-state index contributed by atoms with van der Waals surface area (Å²) in [6, 6.07) is 11.7. The number of rotatable bonds is 2. The summed E-state index contributed by atoms with van der Waals surface area (Å²) in [5.74, 6) is 0.0392. The lowest BCUT2D eigenvalue weighted by Gasteiger charge is -2.34. The van der Waals surface area contributed by atoms with Crippen molar-refractivity contribution in [3.05, 3.63) is 52.1 Å². The number of hydrogen-bond donors (Lipinski definition) is 0. The van der Waals surface area contributed by atoms with Gasteiger partial charge in [-0.25, -0.2) is 0 Å². The summed E-state index contributed by atoms with van der Waals surface area (Å²) in [6.07, 6.45) is 0. The molecule has 2 aromatic rings. The molecular formula is C19H20BrN3O2. The average molecular weight is 402 g/mol. The zero-order valence-electron chi connectivity index (χ0n) is 14.3. The first-order valence-electron chi connectivity index (χ1n) is 8.24. The number of carbonyl (C=O) groups is 2. The largest absolute Gasteiger partial charge is 0.339 e. The maximum atomic E-state index is 12.8. The Bertz CT molecular complexity index is 814. The van der Waals surface area contributed by atoms with Crippen molar-refractivity contribution in [2.24, 2.45) is 0 Å². The first-order valence-corrected chi connectivity index (χ1v) is 9.03. The number of pyridine rings is 1. The van der Waals surface area contributed by atoms with Gasteiger partial charge in [-0.3, -0.25) is 14.6 Å². The summed E-state index contributed by atoms with van der Waals surface area (Å²) in [7, 11) is 0. The van der Waals surface area contributed by atoms with Gasteiger partial charge in [-0.05, 0) is 31.2 Å². The second kappa shape index (κ2) is 7.35. The lowest BCUT2D eigenvalue weighted by atomic mass is 10.1. The molecule has 0 saturated carbocycles.